The Balaban J connectivity index is 1.44. The second-order valence-corrected chi connectivity index (χ2v) is 7.49. The number of hydrogen-bond acceptors (Lipinski definition) is 4. The maximum atomic E-state index is 13.4. The molecular formula is C24H25N3O3. The summed E-state index contributed by atoms with van der Waals surface area (Å²) in [6.07, 6.45) is 4.83. The predicted molar refractivity (Wildman–Crippen MR) is 113 cm³/mol. The third kappa shape index (κ3) is 4.13. The average Bonchev–Trinajstić information content (AvgIpc) is 3.34. The molecule has 2 heterocycles. The van der Waals surface area contributed by atoms with Crippen molar-refractivity contribution in [1.29, 1.82) is 0 Å². The molecule has 1 aromatic heterocycles. The van der Waals surface area contributed by atoms with Gasteiger partial charge in [0.2, 0.25) is 0 Å². The van der Waals surface area contributed by atoms with E-state index in [4.69, 9.17) is 4.74 Å². The third-order valence-corrected chi connectivity index (χ3v) is 5.69. The SMILES string of the molecule is COc1ccc(C(=O)C2CCN(C(=O)C(c3ccccc3)n3cccn3)CC2)cc1. The first kappa shape index (κ1) is 19.9. The number of benzene rings is 2. The number of carbonyl (C=O) groups excluding carboxylic acids is 2. The van der Waals surface area contributed by atoms with Crippen LogP contribution in [0.5, 0.6) is 5.75 Å². The zero-order valence-corrected chi connectivity index (χ0v) is 17.0. The fourth-order valence-electron chi connectivity index (χ4n) is 4.00. The van der Waals surface area contributed by atoms with Crippen LogP contribution >= 0.6 is 0 Å². The summed E-state index contributed by atoms with van der Waals surface area (Å²) in [4.78, 5) is 28.1. The Bertz CT molecular complexity index is 976. The molecule has 0 saturated carbocycles. The van der Waals surface area contributed by atoms with E-state index in [0.29, 0.717) is 31.5 Å². The number of likely N-dealkylation sites (tertiary alicyclic amines) is 1. The number of methoxy groups -OCH3 is 1. The van der Waals surface area contributed by atoms with Crippen LogP contribution in [0.3, 0.4) is 0 Å². The van der Waals surface area contributed by atoms with Gasteiger partial charge in [-0.1, -0.05) is 30.3 Å². The predicted octanol–water partition coefficient (Wildman–Crippen LogP) is 3.60. The summed E-state index contributed by atoms with van der Waals surface area (Å²) >= 11 is 0. The number of aromatic nitrogens is 2. The molecule has 1 atom stereocenters. The van der Waals surface area contributed by atoms with Crippen molar-refractivity contribution >= 4 is 11.7 Å². The van der Waals surface area contributed by atoms with Crippen LogP contribution in [0.4, 0.5) is 0 Å². The van der Waals surface area contributed by atoms with Crippen molar-refractivity contribution in [3.8, 4) is 5.75 Å². The molecule has 30 heavy (non-hydrogen) atoms. The minimum atomic E-state index is -0.491. The third-order valence-electron chi connectivity index (χ3n) is 5.69. The van der Waals surface area contributed by atoms with Gasteiger partial charge in [-0.3, -0.25) is 14.3 Å². The molecule has 2 aromatic carbocycles. The number of ether oxygens (including phenoxy) is 1. The number of ketones is 1. The summed E-state index contributed by atoms with van der Waals surface area (Å²) in [5.41, 5.74) is 1.60. The lowest BCUT2D eigenvalue weighted by Gasteiger charge is -2.34. The van der Waals surface area contributed by atoms with Gasteiger partial charge in [0.15, 0.2) is 11.8 Å². The fraction of sp³-hybridized carbons (Fsp3) is 0.292. The van der Waals surface area contributed by atoms with Crippen molar-refractivity contribution < 1.29 is 14.3 Å². The van der Waals surface area contributed by atoms with Gasteiger partial charge in [0.1, 0.15) is 5.75 Å². The molecule has 4 rings (SSSR count). The first-order valence-corrected chi connectivity index (χ1v) is 10.2. The van der Waals surface area contributed by atoms with Crippen molar-refractivity contribution in [3.63, 3.8) is 0 Å². The number of piperidine rings is 1. The number of carbonyl (C=O) groups is 2. The van der Waals surface area contributed by atoms with Gasteiger partial charge in [0.05, 0.1) is 7.11 Å². The van der Waals surface area contributed by atoms with Gasteiger partial charge < -0.3 is 9.64 Å². The highest BCUT2D eigenvalue weighted by atomic mass is 16.5. The van der Waals surface area contributed by atoms with E-state index in [1.54, 1.807) is 30.1 Å². The van der Waals surface area contributed by atoms with Gasteiger partial charge in [0, 0.05) is 37.0 Å². The van der Waals surface area contributed by atoms with Gasteiger partial charge in [0.25, 0.3) is 5.91 Å². The average molecular weight is 403 g/mol. The lowest BCUT2D eigenvalue weighted by atomic mass is 9.88. The Kier molecular flexibility index (Phi) is 5.93. The van der Waals surface area contributed by atoms with E-state index >= 15 is 0 Å². The van der Waals surface area contributed by atoms with Gasteiger partial charge in [-0.25, -0.2) is 0 Å². The second-order valence-electron chi connectivity index (χ2n) is 7.49. The van der Waals surface area contributed by atoms with E-state index in [9.17, 15) is 9.59 Å². The number of hydrogen-bond donors (Lipinski definition) is 0. The Labute approximate surface area is 176 Å². The van der Waals surface area contributed by atoms with Crippen LogP contribution in [0.25, 0.3) is 0 Å². The Morgan fingerprint density at radius 3 is 2.30 bits per heavy atom. The standard InChI is InChI=1S/C24H25N3O3/c1-30-21-10-8-19(9-11-21)23(28)20-12-16-26(17-13-20)24(29)22(27-15-5-14-25-27)18-6-3-2-4-7-18/h2-11,14-15,20,22H,12-13,16-17H2,1H3. The summed E-state index contributed by atoms with van der Waals surface area (Å²) in [6.45, 7) is 1.13. The van der Waals surface area contributed by atoms with E-state index in [1.165, 1.54) is 0 Å². The summed E-state index contributed by atoms with van der Waals surface area (Å²) < 4.78 is 6.86. The molecule has 1 aliphatic rings. The van der Waals surface area contributed by atoms with Gasteiger partial charge >= 0.3 is 0 Å². The van der Waals surface area contributed by atoms with E-state index in [2.05, 4.69) is 5.10 Å². The summed E-state index contributed by atoms with van der Waals surface area (Å²) in [7, 11) is 1.61. The lowest BCUT2D eigenvalue weighted by molar-refractivity contribution is -0.135. The van der Waals surface area contributed by atoms with Crippen molar-refractivity contribution in [1.82, 2.24) is 14.7 Å². The smallest absolute Gasteiger partial charge is 0.252 e. The molecule has 1 amide bonds. The summed E-state index contributed by atoms with van der Waals surface area (Å²) in [5, 5.41) is 4.31. The molecule has 3 aromatic rings. The quantitative estimate of drug-likeness (QED) is 0.590. The maximum Gasteiger partial charge on any atom is 0.252 e. The highest BCUT2D eigenvalue weighted by Crippen LogP contribution is 2.27. The molecule has 0 bridgehead atoms. The fourth-order valence-corrected chi connectivity index (χ4v) is 4.00. The Morgan fingerprint density at radius 2 is 1.70 bits per heavy atom. The van der Waals surface area contributed by atoms with Crippen molar-refractivity contribution in [2.24, 2.45) is 5.92 Å². The Morgan fingerprint density at radius 1 is 1.00 bits per heavy atom. The first-order chi connectivity index (χ1) is 14.7. The van der Waals surface area contributed by atoms with Crippen molar-refractivity contribution in [2.45, 2.75) is 18.9 Å². The highest BCUT2D eigenvalue weighted by Gasteiger charge is 2.32. The molecule has 0 aliphatic carbocycles. The Hall–Kier alpha value is -3.41. The van der Waals surface area contributed by atoms with Crippen LogP contribution < -0.4 is 4.74 Å². The number of Topliss-reactive ketones (excluding diaryl/α,β-unsaturated/α-hetero) is 1. The van der Waals surface area contributed by atoms with E-state index in [-0.39, 0.29) is 17.6 Å². The van der Waals surface area contributed by atoms with Crippen LogP contribution in [0.2, 0.25) is 0 Å². The maximum absolute atomic E-state index is 13.4. The molecule has 0 radical (unpaired) electrons. The number of rotatable bonds is 6. The number of amides is 1. The normalized spacial score (nSPS) is 15.6. The largest absolute Gasteiger partial charge is 0.497 e. The minimum Gasteiger partial charge on any atom is -0.497 e. The van der Waals surface area contributed by atoms with E-state index < -0.39 is 6.04 Å². The van der Waals surface area contributed by atoms with E-state index in [1.807, 2.05) is 59.6 Å². The summed E-state index contributed by atoms with van der Waals surface area (Å²) in [5.74, 6) is 0.816. The zero-order chi connectivity index (χ0) is 20.9. The minimum absolute atomic E-state index is 0.0141. The van der Waals surface area contributed by atoms with Crippen LogP contribution in [-0.4, -0.2) is 46.6 Å². The van der Waals surface area contributed by atoms with Gasteiger partial charge in [-0.15, -0.1) is 0 Å². The molecule has 6 nitrogen and oxygen atoms in total. The van der Waals surface area contributed by atoms with Crippen LogP contribution in [0.15, 0.2) is 73.1 Å². The topological polar surface area (TPSA) is 64.4 Å². The van der Waals surface area contributed by atoms with Crippen LogP contribution in [-0.2, 0) is 4.79 Å². The summed E-state index contributed by atoms with van der Waals surface area (Å²) in [6, 6.07) is 18.2. The van der Waals surface area contributed by atoms with Gasteiger partial charge in [-0.2, -0.15) is 5.10 Å². The van der Waals surface area contributed by atoms with Crippen molar-refractivity contribution in [2.75, 3.05) is 20.2 Å². The molecule has 0 N–H and O–H groups in total. The van der Waals surface area contributed by atoms with Gasteiger partial charge in [-0.05, 0) is 48.7 Å². The molecule has 154 valence electrons. The molecule has 6 heteroatoms. The van der Waals surface area contributed by atoms with Crippen LogP contribution in [0, 0.1) is 5.92 Å². The molecule has 1 unspecified atom stereocenters. The number of nitrogens with zero attached hydrogens (tertiary/aromatic N) is 3. The molecule has 1 fully saturated rings. The molecular weight excluding hydrogens is 378 g/mol. The zero-order valence-electron chi connectivity index (χ0n) is 17.0. The first-order valence-electron chi connectivity index (χ1n) is 10.2. The molecule has 1 saturated heterocycles. The van der Waals surface area contributed by atoms with Crippen molar-refractivity contribution in [3.05, 3.63) is 84.2 Å². The lowest BCUT2D eigenvalue weighted by Crippen LogP contribution is -2.44. The van der Waals surface area contributed by atoms with E-state index in [0.717, 1.165) is 11.3 Å². The monoisotopic (exact) mass is 403 g/mol. The highest BCUT2D eigenvalue weighted by molar-refractivity contribution is 5.98. The van der Waals surface area contributed by atoms with Crippen LogP contribution in [0.1, 0.15) is 34.8 Å². The molecule has 0 spiro atoms. The second kappa shape index (κ2) is 8.95. The molecule has 1 aliphatic heterocycles.